The quantitative estimate of drug-likeness (QED) is 0.767. The lowest BCUT2D eigenvalue weighted by molar-refractivity contribution is -0.0944. The molecule has 0 unspecified atom stereocenters. The van der Waals surface area contributed by atoms with Crippen LogP contribution in [0.15, 0.2) is 18.2 Å². The predicted octanol–water partition coefficient (Wildman–Crippen LogP) is 3.83. The number of hydrogen-bond donors (Lipinski definition) is 0. The van der Waals surface area contributed by atoms with Gasteiger partial charge in [0.1, 0.15) is 5.75 Å². The molecule has 0 aliphatic carbocycles. The lowest BCUT2D eigenvalue weighted by Gasteiger charge is -2.26. The SMILES string of the molecule is COc1ccc2c(c1)n(C(=O)C(F)(F)F)c(=S)n2CN1CCCCC1. The van der Waals surface area contributed by atoms with Gasteiger partial charge in [-0.25, -0.2) is 4.57 Å². The van der Waals surface area contributed by atoms with E-state index >= 15 is 0 Å². The summed E-state index contributed by atoms with van der Waals surface area (Å²) in [4.78, 5) is 14.0. The molecule has 5 nitrogen and oxygen atoms in total. The number of ether oxygens (including phenoxy) is 1. The summed E-state index contributed by atoms with van der Waals surface area (Å²) in [5.41, 5.74) is 0.581. The number of benzene rings is 1. The Bertz CT molecular complexity index is 851. The first-order valence-corrected chi connectivity index (χ1v) is 8.37. The van der Waals surface area contributed by atoms with E-state index in [1.807, 2.05) is 0 Å². The Morgan fingerprint density at radius 2 is 1.88 bits per heavy atom. The van der Waals surface area contributed by atoms with Gasteiger partial charge in [-0.1, -0.05) is 6.42 Å². The van der Waals surface area contributed by atoms with Crippen LogP contribution in [0.5, 0.6) is 5.75 Å². The standard InChI is InChI=1S/C16H18F3N3O2S/c1-24-11-5-6-12-13(9-11)22(14(23)16(17,18)19)15(25)21(12)10-20-7-3-2-4-8-20/h5-6,9H,2-4,7-8,10H2,1H3. The molecule has 1 aromatic carbocycles. The number of halogens is 3. The summed E-state index contributed by atoms with van der Waals surface area (Å²) in [7, 11) is 1.41. The molecule has 0 amide bonds. The number of hydrogen-bond acceptors (Lipinski definition) is 4. The van der Waals surface area contributed by atoms with Crippen molar-refractivity contribution in [3.05, 3.63) is 23.0 Å². The van der Waals surface area contributed by atoms with E-state index in [1.54, 1.807) is 16.7 Å². The van der Waals surface area contributed by atoms with Crippen LogP contribution in [0.4, 0.5) is 13.2 Å². The van der Waals surface area contributed by atoms with Gasteiger partial charge in [-0.05, 0) is 50.3 Å². The van der Waals surface area contributed by atoms with Gasteiger partial charge in [-0.3, -0.25) is 9.69 Å². The van der Waals surface area contributed by atoms with E-state index in [-0.39, 0.29) is 10.3 Å². The van der Waals surface area contributed by atoms with Gasteiger partial charge < -0.3 is 9.30 Å². The number of carbonyl (C=O) groups is 1. The van der Waals surface area contributed by atoms with Crippen LogP contribution in [0.2, 0.25) is 0 Å². The first-order valence-electron chi connectivity index (χ1n) is 7.96. The fourth-order valence-corrected chi connectivity index (χ4v) is 3.46. The van der Waals surface area contributed by atoms with Gasteiger partial charge >= 0.3 is 12.1 Å². The fraction of sp³-hybridized carbons (Fsp3) is 0.500. The van der Waals surface area contributed by atoms with Crippen molar-refractivity contribution in [2.75, 3.05) is 20.2 Å². The Balaban J connectivity index is 2.15. The van der Waals surface area contributed by atoms with E-state index in [1.165, 1.54) is 13.2 Å². The van der Waals surface area contributed by atoms with E-state index in [2.05, 4.69) is 4.90 Å². The summed E-state index contributed by atoms with van der Waals surface area (Å²) in [5, 5.41) is 0. The summed E-state index contributed by atoms with van der Waals surface area (Å²) < 4.78 is 46.1. The Morgan fingerprint density at radius 1 is 1.20 bits per heavy atom. The lowest BCUT2D eigenvalue weighted by atomic mass is 10.1. The molecule has 3 rings (SSSR count). The van der Waals surface area contributed by atoms with E-state index in [0.717, 1.165) is 32.4 Å². The Labute approximate surface area is 147 Å². The van der Waals surface area contributed by atoms with Crippen molar-refractivity contribution in [1.82, 2.24) is 14.0 Å². The third kappa shape index (κ3) is 3.43. The van der Waals surface area contributed by atoms with Crippen molar-refractivity contribution in [3.63, 3.8) is 0 Å². The van der Waals surface area contributed by atoms with Crippen LogP contribution in [0.1, 0.15) is 24.1 Å². The van der Waals surface area contributed by atoms with Crippen LogP contribution in [-0.2, 0) is 6.67 Å². The molecule has 2 heterocycles. The number of imidazole rings is 1. The first-order chi connectivity index (χ1) is 11.8. The van der Waals surface area contributed by atoms with Crippen molar-refractivity contribution in [1.29, 1.82) is 0 Å². The maximum absolute atomic E-state index is 13.0. The Kier molecular flexibility index (Phi) is 4.88. The summed E-state index contributed by atoms with van der Waals surface area (Å²) in [5.74, 6) is -1.63. The molecule has 1 fully saturated rings. The van der Waals surface area contributed by atoms with Crippen molar-refractivity contribution in [2.45, 2.75) is 32.1 Å². The molecule has 0 bridgehead atoms. The zero-order chi connectivity index (χ0) is 18.2. The smallest absolute Gasteiger partial charge is 0.472 e. The first kappa shape index (κ1) is 17.9. The van der Waals surface area contributed by atoms with Crippen LogP contribution in [0, 0.1) is 4.77 Å². The summed E-state index contributed by atoms with van der Waals surface area (Å²) in [6.45, 7) is 2.08. The second-order valence-electron chi connectivity index (χ2n) is 6.02. The average molecular weight is 373 g/mol. The highest BCUT2D eigenvalue weighted by Gasteiger charge is 2.41. The molecule has 2 aromatic rings. The highest BCUT2D eigenvalue weighted by molar-refractivity contribution is 7.71. The number of likely N-dealkylation sites (tertiary alicyclic amines) is 1. The topological polar surface area (TPSA) is 39.4 Å². The fourth-order valence-electron chi connectivity index (χ4n) is 3.12. The maximum Gasteiger partial charge on any atom is 0.472 e. The number of aromatic nitrogens is 2. The van der Waals surface area contributed by atoms with Gasteiger partial charge in [0, 0.05) is 6.07 Å². The predicted molar refractivity (Wildman–Crippen MR) is 89.4 cm³/mol. The molecule has 25 heavy (non-hydrogen) atoms. The minimum Gasteiger partial charge on any atom is -0.497 e. The second kappa shape index (κ2) is 6.80. The van der Waals surface area contributed by atoms with Crippen LogP contribution < -0.4 is 4.74 Å². The van der Waals surface area contributed by atoms with Crippen LogP contribution in [0.3, 0.4) is 0 Å². The molecule has 1 aliphatic heterocycles. The number of nitrogens with zero attached hydrogens (tertiary/aromatic N) is 3. The monoisotopic (exact) mass is 373 g/mol. The molecule has 1 aromatic heterocycles. The number of piperidine rings is 1. The van der Waals surface area contributed by atoms with Crippen molar-refractivity contribution >= 4 is 29.2 Å². The number of carbonyl (C=O) groups excluding carboxylic acids is 1. The number of alkyl halides is 3. The van der Waals surface area contributed by atoms with E-state index in [0.29, 0.717) is 22.5 Å². The Morgan fingerprint density at radius 3 is 2.48 bits per heavy atom. The molecule has 0 atom stereocenters. The van der Waals surface area contributed by atoms with Crippen molar-refractivity contribution in [2.24, 2.45) is 0 Å². The molecular weight excluding hydrogens is 355 g/mol. The highest BCUT2D eigenvalue weighted by Crippen LogP contribution is 2.28. The van der Waals surface area contributed by atoms with Crippen LogP contribution in [0.25, 0.3) is 11.0 Å². The van der Waals surface area contributed by atoms with Gasteiger partial charge in [0.2, 0.25) is 0 Å². The van der Waals surface area contributed by atoms with E-state index < -0.39 is 12.1 Å². The molecule has 0 spiro atoms. The van der Waals surface area contributed by atoms with Gasteiger partial charge in [0.05, 0.1) is 24.8 Å². The maximum atomic E-state index is 13.0. The molecule has 0 radical (unpaired) electrons. The minimum atomic E-state index is -5.01. The van der Waals surface area contributed by atoms with Gasteiger partial charge in [0.15, 0.2) is 4.77 Å². The number of methoxy groups -OCH3 is 1. The van der Waals surface area contributed by atoms with Crippen molar-refractivity contribution < 1.29 is 22.7 Å². The van der Waals surface area contributed by atoms with E-state index in [4.69, 9.17) is 17.0 Å². The third-order valence-corrected chi connectivity index (χ3v) is 4.78. The highest BCUT2D eigenvalue weighted by atomic mass is 32.1. The molecule has 1 saturated heterocycles. The zero-order valence-corrected chi connectivity index (χ0v) is 14.5. The summed E-state index contributed by atoms with van der Waals surface area (Å²) in [6, 6.07) is 4.68. The van der Waals surface area contributed by atoms with Crippen LogP contribution >= 0.6 is 12.2 Å². The minimum absolute atomic E-state index is 0.101. The number of rotatable bonds is 3. The van der Waals surface area contributed by atoms with Crippen LogP contribution in [-0.4, -0.2) is 46.3 Å². The third-order valence-electron chi connectivity index (χ3n) is 4.37. The van der Waals surface area contributed by atoms with Gasteiger partial charge in [-0.15, -0.1) is 0 Å². The molecule has 0 N–H and O–H groups in total. The van der Waals surface area contributed by atoms with Gasteiger partial charge in [-0.2, -0.15) is 13.2 Å². The summed E-state index contributed by atoms with van der Waals surface area (Å²) >= 11 is 5.22. The molecule has 1 aliphatic rings. The molecule has 9 heteroatoms. The average Bonchev–Trinajstić information content (AvgIpc) is 2.85. The molecule has 136 valence electrons. The lowest BCUT2D eigenvalue weighted by Crippen LogP contribution is -2.32. The Hall–Kier alpha value is -1.87. The molecular formula is C16H18F3N3O2S. The normalized spacial score (nSPS) is 16.3. The number of fused-ring (bicyclic) bond motifs is 1. The summed E-state index contributed by atoms with van der Waals surface area (Å²) in [6.07, 6.45) is -1.78. The molecule has 0 saturated carbocycles. The zero-order valence-electron chi connectivity index (χ0n) is 13.7. The van der Waals surface area contributed by atoms with E-state index in [9.17, 15) is 18.0 Å². The van der Waals surface area contributed by atoms with Crippen molar-refractivity contribution in [3.8, 4) is 5.75 Å². The largest absolute Gasteiger partial charge is 0.497 e. The van der Waals surface area contributed by atoms with Gasteiger partial charge in [0.25, 0.3) is 0 Å². The second-order valence-corrected chi connectivity index (χ2v) is 6.39.